The van der Waals surface area contributed by atoms with Crippen molar-refractivity contribution in [1.82, 2.24) is 4.72 Å². The van der Waals surface area contributed by atoms with Gasteiger partial charge < -0.3 is 0 Å². The predicted octanol–water partition coefficient (Wildman–Crippen LogP) is 4.19. The molecule has 0 aliphatic heterocycles. The zero-order chi connectivity index (χ0) is 21.1. The highest BCUT2D eigenvalue weighted by atomic mass is 32.2. The van der Waals surface area contributed by atoms with E-state index >= 15 is 0 Å². The second kappa shape index (κ2) is 8.49. The lowest BCUT2D eigenvalue weighted by molar-refractivity contribution is 0.566. The van der Waals surface area contributed by atoms with Crippen LogP contribution in [0.1, 0.15) is 25.5 Å². The van der Waals surface area contributed by atoms with Gasteiger partial charge in [0.05, 0.1) is 15.5 Å². The molecule has 1 unspecified atom stereocenters. The Morgan fingerprint density at radius 3 is 1.79 bits per heavy atom. The number of rotatable bonds is 7. The summed E-state index contributed by atoms with van der Waals surface area (Å²) in [6.45, 7) is 3.32. The molecule has 5 nitrogen and oxygen atoms in total. The normalized spacial score (nSPS) is 13.2. The number of nitrogens with one attached hydrogen (secondary N) is 1. The number of hydrogen-bond donors (Lipinski definition) is 1. The van der Waals surface area contributed by atoms with E-state index in [1.807, 2.05) is 54.6 Å². The van der Waals surface area contributed by atoms with E-state index < -0.39 is 25.9 Å². The Kier molecular flexibility index (Phi) is 6.21. The predicted molar refractivity (Wildman–Crippen MR) is 115 cm³/mol. The van der Waals surface area contributed by atoms with Gasteiger partial charge in [-0.2, -0.15) is 0 Å². The van der Waals surface area contributed by atoms with Gasteiger partial charge in [-0.3, -0.25) is 0 Å². The number of benzene rings is 3. The quantitative estimate of drug-likeness (QED) is 0.611. The van der Waals surface area contributed by atoms with Crippen molar-refractivity contribution in [2.75, 3.05) is 5.75 Å². The van der Waals surface area contributed by atoms with Gasteiger partial charge in [-0.05, 0) is 47.9 Å². The summed E-state index contributed by atoms with van der Waals surface area (Å²) in [5, 5.41) is 0. The van der Waals surface area contributed by atoms with Crippen LogP contribution in [0.15, 0.2) is 88.7 Å². The maximum absolute atomic E-state index is 12.7. The first-order valence-electron chi connectivity index (χ1n) is 9.23. The Hall–Kier alpha value is -2.48. The molecule has 152 valence electrons. The van der Waals surface area contributed by atoms with Gasteiger partial charge in [-0.1, -0.05) is 61.5 Å². The van der Waals surface area contributed by atoms with Gasteiger partial charge in [0.25, 0.3) is 0 Å². The van der Waals surface area contributed by atoms with Crippen LogP contribution in [0.4, 0.5) is 0 Å². The van der Waals surface area contributed by atoms with Crippen LogP contribution in [0.2, 0.25) is 0 Å². The van der Waals surface area contributed by atoms with Gasteiger partial charge in [0.2, 0.25) is 10.0 Å². The van der Waals surface area contributed by atoms with Crippen molar-refractivity contribution < 1.29 is 16.8 Å². The molecule has 29 heavy (non-hydrogen) atoms. The van der Waals surface area contributed by atoms with Gasteiger partial charge in [0.15, 0.2) is 9.84 Å². The van der Waals surface area contributed by atoms with Crippen LogP contribution in [0.5, 0.6) is 0 Å². The highest BCUT2D eigenvalue weighted by Crippen LogP contribution is 2.23. The number of hydrogen-bond acceptors (Lipinski definition) is 4. The molecular formula is C22H23NO4S2. The summed E-state index contributed by atoms with van der Waals surface area (Å²) in [5.41, 5.74) is 2.98. The van der Waals surface area contributed by atoms with Crippen LogP contribution in [-0.4, -0.2) is 22.6 Å². The molecule has 0 saturated carbocycles. The van der Waals surface area contributed by atoms with Crippen molar-refractivity contribution in [3.63, 3.8) is 0 Å². The van der Waals surface area contributed by atoms with Crippen LogP contribution in [-0.2, 0) is 19.9 Å². The second-order valence-corrected chi connectivity index (χ2v) is 10.7. The standard InChI is InChI=1S/C22H23NO4S2/c1-3-28(24,25)21-13-15-22(16-14-21)29(26,27)23-17(2)18-9-11-20(12-10-18)19-7-5-4-6-8-19/h4-17,23H,3H2,1-2H3. The third-order valence-corrected chi connectivity index (χ3v) is 8.03. The molecule has 1 N–H and O–H groups in total. The molecule has 0 fully saturated rings. The average molecular weight is 430 g/mol. The molecule has 3 aromatic rings. The molecule has 0 saturated heterocycles. The minimum absolute atomic E-state index is 0.0281. The van der Waals surface area contributed by atoms with Gasteiger partial charge in [-0.25, -0.2) is 21.6 Å². The lowest BCUT2D eigenvalue weighted by Crippen LogP contribution is -2.26. The van der Waals surface area contributed by atoms with Gasteiger partial charge in [0, 0.05) is 6.04 Å². The topological polar surface area (TPSA) is 80.3 Å². The van der Waals surface area contributed by atoms with E-state index in [-0.39, 0.29) is 15.5 Å². The van der Waals surface area contributed by atoms with Crippen molar-refractivity contribution in [2.24, 2.45) is 0 Å². The van der Waals surface area contributed by atoms with Crippen molar-refractivity contribution in [3.05, 3.63) is 84.4 Å². The molecule has 3 aromatic carbocycles. The molecule has 7 heteroatoms. The summed E-state index contributed by atoms with van der Waals surface area (Å²) in [6.07, 6.45) is 0. The van der Waals surface area contributed by atoms with E-state index in [1.165, 1.54) is 24.3 Å². The maximum Gasteiger partial charge on any atom is 0.241 e. The second-order valence-electron chi connectivity index (χ2n) is 6.71. The molecule has 0 aliphatic rings. The highest BCUT2D eigenvalue weighted by molar-refractivity contribution is 7.91. The summed E-state index contributed by atoms with van der Waals surface area (Å²) in [7, 11) is -7.15. The Morgan fingerprint density at radius 1 is 0.724 bits per heavy atom. The minimum atomic E-state index is -3.78. The molecule has 0 aliphatic carbocycles. The lowest BCUT2D eigenvalue weighted by atomic mass is 10.0. The van der Waals surface area contributed by atoms with E-state index in [0.717, 1.165) is 16.7 Å². The van der Waals surface area contributed by atoms with Crippen LogP contribution in [0.25, 0.3) is 11.1 Å². The van der Waals surface area contributed by atoms with Crippen LogP contribution < -0.4 is 4.72 Å². The van der Waals surface area contributed by atoms with Crippen molar-refractivity contribution in [2.45, 2.75) is 29.7 Å². The highest BCUT2D eigenvalue weighted by Gasteiger charge is 2.20. The SMILES string of the molecule is CCS(=O)(=O)c1ccc(S(=O)(=O)NC(C)c2ccc(-c3ccccc3)cc2)cc1. The Balaban J connectivity index is 1.76. The molecule has 0 amide bonds. The zero-order valence-electron chi connectivity index (χ0n) is 16.2. The average Bonchev–Trinajstić information content (AvgIpc) is 2.74. The lowest BCUT2D eigenvalue weighted by Gasteiger charge is -2.15. The number of sulfone groups is 1. The van der Waals surface area contributed by atoms with E-state index in [2.05, 4.69) is 4.72 Å². The maximum atomic E-state index is 12.7. The third kappa shape index (κ3) is 4.93. The monoisotopic (exact) mass is 429 g/mol. The first-order chi connectivity index (χ1) is 13.7. The Bertz CT molecular complexity index is 1170. The summed E-state index contributed by atoms with van der Waals surface area (Å²) in [5.74, 6) is -0.0344. The van der Waals surface area contributed by atoms with Crippen LogP contribution in [0.3, 0.4) is 0 Å². The van der Waals surface area contributed by atoms with Gasteiger partial charge in [-0.15, -0.1) is 0 Å². The van der Waals surface area contributed by atoms with E-state index in [4.69, 9.17) is 0 Å². The van der Waals surface area contributed by atoms with E-state index in [9.17, 15) is 16.8 Å². The summed E-state index contributed by atoms with van der Waals surface area (Å²) < 4.78 is 51.8. The van der Waals surface area contributed by atoms with Crippen molar-refractivity contribution in [1.29, 1.82) is 0 Å². The summed E-state index contributed by atoms with van der Waals surface area (Å²) in [4.78, 5) is 0.142. The molecule has 1 atom stereocenters. The fourth-order valence-corrected chi connectivity index (χ4v) is 5.07. The smallest absolute Gasteiger partial charge is 0.224 e. The molecule has 3 rings (SSSR count). The fraction of sp³-hybridized carbons (Fsp3) is 0.182. The number of sulfonamides is 1. The molecule has 0 spiro atoms. The Morgan fingerprint density at radius 2 is 1.24 bits per heavy atom. The molecule has 0 aromatic heterocycles. The molecule has 0 heterocycles. The van der Waals surface area contributed by atoms with Crippen molar-refractivity contribution in [3.8, 4) is 11.1 Å². The minimum Gasteiger partial charge on any atom is -0.224 e. The van der Waals surface area contributed by atoms with Crippen LogP contribution >= 0.6 is 0 Å². The largest absolute Gasteiger partial charge is 0.241 e. The Labute approximate surface area is 172 Å². The van der Waals surface area contributed by atoms with E-state index in [0.29, 0.717) is 0 Å². The molecular weight excluding hydrogens is 406 g/mol. The van der Waals surface area contributed by atoms with Crippen LogP contribution in [0, 0.1) is 0 Å². The summed E-state index contributed by atoms with van der Waals surface area (Å²) >= 11 is 0. The fourth-order valence-electron chi connectivity index (χ4n) is 2.96. The third-order valence-electron chi connectivity index (χ3n) is 4.72. The van der Waals surface area contributed by atoms with Gasteiger partial charge >= 0.3 is 0 Å². The molecule has 0 bridgehead atoms. The van der Waals surface area contributed by atoms with Crippen molar-refractivity contribution >= 4 is 19.9 Å². The first kappa shape index (κ1) is 21.2. The molecule has 0 radical (unpaired) electrons. The summed E-state index contributed by atoms with van der Waals surface area (Å²) in [6, 6.07) is 22.5. The van der Waals surface area contributed by atoms with E-state index in [1.54, 1.807) is 13.8 Å². The van der Waals surface area contributed by atoms with Gasteiger partial charge in [0.1, 0.15) is 0 Å². The first-order valence-corrected chi connectivity index (χ1v) is 12.4. The zero-order valence-corrected chi connectivity index (χ0v) is 17.9.